The van der Waals surface area contributed by atoms with Crippen LogP contribution in [0, 0.1) is 11.8 Å². The van der Waals surface area contributed by atoms with Crippen LogP contribution in [0.2, 0.25) is 0 Å². The number of aliphatic hydroxyl groups is 1. The summed E-state index contributed by atoms with van der Waals surface area (Å²) < 4.78 is 15.0. The van der Waals surface area contributed by atoms with Gasteiger partial charge in [-0.1, -0.05) is 24.1 Å². The smallest absolute Gasteiger partial charge is 0.300 e. The molecule has 0 fully saturated rings. The second-order valence-electron chi connectivity index (χ2n) is 6.59. The van der Waals surface area contributed by atoms with Crippen molar-refractivity contribution in [1.82, 2.24) is 0 Å². The maximum Gasteiger partial charge on any atom is 0.300 e. The van der Waals surface area contributed by atoms with E-state index in [4.69, 9.17) is 19.7 Å². The largest absolute Gasteiger partial charge is 0.461 e. The molecule has 2 unspecified atom stereocenters. The quantitative estimate of drug-likeness (QED) is 0.463. The van der Waals surface area contributed by atoms with Gasteiger partial charge in [0.2, 0.25) is 12.6 Å². The molecule has 0 aliphatic carbocycles. The van der Waals surface area contributed by atoms with E-state index in [-0.39, 0.29) is 11.5 Å². The van der Waals surface area contributed by atoms with Crippen molar-refractivity contribution in [3.8, 4) is 11.8 Å². The number of benzene rings is 1. The number of fused-ring (bicyclic) bond motifs is 1. The van der Waals surface area contributed by atoms with E-state index in [0.29, 0.717) is 34.5 Å². The van der Waals surface area contributed by atoms with Crippen molar-refractivity contribution < 1.29 is 23.7 Å². The summed E-state index contributed by atoms with van der Waals surface area (Å²) in [6.45, 7) is 0.135. The second kappa shape index (κ2) is 7.13. The maximum atomic E-state index is 10.4. The number of hydrogen-bond acceptors (Lipinski definition) is 8. The van der Waals surface area contributed by atoms with Crippen LogP contribution in [0.3, 0.4) is 0 Å². The summed E-state index contributed by atoms with van der Waals surface area (Å²) in [5.74, 6) is 13.7. The van der Waals surface area contributed by atoms with Crippen LogP contribution in [0.25, 0.3) is 5.70 Å². The third kappa shape index (κ3) is 3.31. The average Bonchev–Trinajstić information content (AvgIpc) is 3.51. The van der Waals surface area contributed by atoms with Gasteiger partial charge in [-0.25, -0.2) is 4.99 Å². The minimum absolute atomic E-state index is 0.135. The molecule has 1 aromatic carbocycles. The molecule has 0 amide bonds. The average molecular weight is 402 g/mol. The molecule has 5 rings (SSSR count). The van der Waals surface area contributed by atoms with Gasteiger partial charge in [0, 0.05) is 5.56 Å². The van der Waals surface area contributed by atoms with Crippen molar-refractivity contribution in [3.05, 3.63) is 77.8 Å². The van der Waals surface area contributed by atoms with Crippen molar-refractivity contribution in [2.24, 2.45) is 20.9 Å². The zero-order chi connectivity index (χ0) is 20.6. The normalized spacial score (nSPS) is 22.5. The fraction of sp³-hybridized carbons (Fsp3) is 0.0952. The highest BCUT2D eigenvalue weighted by atomic mass is 16.7. The second-order valence-corrected chi connectivity index (χ2v) is 6.59. The van der Waals surface area contributed by atoms with Crippen molar-refractivity contribution in [2.45, 2.75) is 6.10 Å². The Morgan fingerprint density at radius 2 is 2.17 bits per heavy atom. The molecule has 0 saturated carbocycles. The van der Waals surface area contributed by atoms with E-state index in [9.17, 15) is 5.11 Å². The molecular weight excluding hydrogens is 386 g/mol. The van der Waals surface area contributed by atoms with E-state index >= 15 is 0 Å². The zero-order valence-electron chi connectivity index (χ0n) is 15.6. The summed E-state index contributed by atoms with van der Waals surface area (Å²) in [4.78, 5) is 8.86. The van der Waals surface area contributed by atoms with Crippen LogP contribution < -0.4 is 5.84 Å². The lowest BCUT2D eigenvalue weighted by atomic mass is 10.0. The number of amidine groups is 2. The van der Waals surface area contributed by atoms with E-state index in [2.05, 4.69) is 26.9 Å². The predicted molar refractivity (Wildman–Crippen MR) is 108 cm³/mol. The highest BCUT2D eigenvalue weighted by Crippen LogP contribution is 2.28. The number of aliphatic imine (C=N–C) groups is 2. The van der Waals surface area contributed by atoms with Crippen LogP contribution >= 0.6 is 0 Å². The van der Waals surface area contributed by atoms with Gasteiger partial charge in [-0.15, -0.1) is 5.84 Å². The third-order valence-electron chi connectivity index (χ3n) is 4.53. The Morgan fingerprint density at radius 3 is 2.97 bits per heavy atom. The van der Waals surface area contributed by atoms with Crippen molar-refractivity contribution >= 4 is 23.6 Å². The Kier molecular flexibility index (Phi) is 4.30. The SMILES string of the molecule is N[N+]12C=C(c3cccc(C(O)C#CC4=COCO4)c3)N=CC1=NC(c1ccco1)=N2. The number of nitrogens with zero attached hydrogens (tertiary/aromatic N) is 4. The predicted octanol–water partition coefficient (Wildman–Crippen LogP) is 2.01. The lowest BCUT2D eigenvalue weighted by Gasteiger charge is -2.20. The number of aliphatic hydroxyl groups excluding tert-OH is 1. The molecule has 4 heterocycles. The topological polar surface area (TPSA) is 115 Å². The molecule has 3 aliphatic heterocycles. The molecule has 148 valence electrons. The molecular formula is C21H16N5O4+. The summed E-state index contributed by atoms with van der Waals surface area (Å²) in [5.41, 5.74) is 1.96. The van der Waals surface area contributed by atoms with Crippen LogP contribution in [0.5, 0.6) is 0 Å². The lowest BCUT2D eigenvalue weighted by Crippen LogP contribution is -2.50. The van der Waals surface area contributed by atoms with Gasteiger partial charge in [-0.2, -0.15) is 4.99 Å². The van der Waals surface area contributed by atoms with Crippen molar-refractivity contribution in [1.29, 1.82) is 0 Å². The fourth-order valence-corrected chi connectivity index (χ4v) is 3.04. The van der Waals surface area contributed by atoms with Crippen LogP contribution in [0.1, 0.15) is 23.0 Å². The molecule has 9 nitrogen and oxygen atoms in total. The van der Waals surface area contributed by atoms with Crippen molar-refractivity contribution in [2.75, 3.05) is 6.79 Å². The molecule has 1 aromatic heterocycles. The molecule has 30 heavy (non-hydrogen) atoms. The van der Waals surface area contributed by atoms with Gasteiger partial charge in [0.1, 0.15) is 24.3 Å². The highest BCUT2D eigenvalue weighted by Gasteiger charge is 2.40. The number of furan rings is 1. The number of ether oxygens (including phenoxy) is 2. The number of hydrogen-bond donors (Lipinski definition) is 2. The molecule has 2 aromatic rings. The first-order chi connectivity index (χ1) is 14.6. The van der Waals surface area contributed by atoms with E-state index in [1.165, 1.54) is 6.26 Å². The van der Waals surface area contributed by atoms with E-state index in [0.717, 1.165) is 5.56 Å². The van der Waals surface area contributed by atoms with Gasteiger partial charge in [-0.3, -0.25) is 0 Å². The highest BCUT2D eigenvalue weighted by molar-refractivity contribution is 6.32. The molecule has 0 saturated heterocycles. The Morgan fingerprint density at radius 1 is 1.23 bits per heavy atom. The standard InChI is InChI=1S/C21H16N5O4/c22-26-11-17(23-10-20(26)24-21(25-26)19-5-2-8-29-19)14-3-1-4-15(9-14)18(27)7-6-16-12-28-13-30-16/h1-5,8-12,18,27H,13,22H2/q+1. The Bertz CT molecular complexity index is 1210. The monoisotopic (exact) mass is 402 g/mol. The molecule has 2 atom stereocenters. The zero-order valence-corrected chi connectivity index (χ0v) is 15.6. The first-order valence-corrected chi connectivity index (χ1v) is 9.03. The molecule has 3 aliphatic rings. The summed E-state index contributed by atoms with van der Waals surface area (Å²) in [5, 5.41) is 14.9. The molecule has 3 N–H and O–H groups in total. The molecule has 0 radical (unpaired) electrons. The number of quaternary nitrogens is 1. The van der Waals surface area contributed by atoms with Gasteiger partial charge in [-0.05, 0) is 39.5 Å². The van der Waals surface area contributed by atoms with Crippen LogP contribution in [-0.4, -0.2) is 34.5 Å². The van der Waals surface area contributed by atoms with Crippen LogP contribution in [0.4, 0.5) is 0 Å². The van der Waals surface area contributed by atoms with Crippen LogP contribution in [0.15, 0.2) is 80.4 Å². The van der Waals surface area contributed by atoms with E-state index < -0.39 is 6.10 Å². The molecule has 0 spiro atoms. The summed E-state index contributed by atoms with van der Waals surface area (Å²) in [6.07, 6.45) is 5.21. The van der Waals surface area contributed by atoms with E-state index in [1.54, 1.807) is 42.9 Å². The lowest BCUT2D eigenvalue weighted by molar-refractivity contribution is -0.802. The Balaban J connectivity index is 1.42. The number of nitrogens with two attached hydrogens (primary N) is 1. The fourth-order valence-electron chi connectivity index (χ4n) is 3.04. The first-order valence-electron chi connectivity index (χ1n) is 9.03. The summed E-state index contributed by atoms with van der Waals surface area (Å²) >= 11 is 0. The minimum atomic E-state index is -1.00. The number of allylic oxidation sites excluding steroid dienone is 1. The Labute approximate surface area is 171 Å². The maximum absolute atomic E-state index is 10.4. The summed E-state index contributed by atoms with van der Waals surface area (Å²) in [6, 6.07) is 10.8. The molecule has 0 bridgehead atoms. The third-order valence-corrected chi connectivity index (χ3v) is 4.53. The first kappa shape index (κ1) is 18.1. The van der Waals surface area contributed by atoms with Crippen molar-refractivity contribution in [3.63, 3.8) is 0 Å². The van der Waals surface area contributed by atoms with Gasteiger partial charge >= 0.3 is 0 Å². The van der Waals surface area contributed by atoms with E-state index in [1.807, 2.05) is 12.1 Å². The summed E-state index contributed by atoms with van der Waals surface area (Å²) in [7, 11) is 0. The Hall–Kier alpha value is -3.97. The van der Waals surface area contributed by atoms with Gasteiger partial charge in [0.15, 0.2) is 12.0 Å². The van der Waals surface area contributed by atoms with Gasteiger partial charge in [0.05, 0.1) is 6.26 Å². The molecule has 9 heteroatoms. The minimum Gasteiger partial charge on any atom is -0.461 e. The van der Waals surface area contributed by atoms with Gasteiger partial charge < -0.3 is 19.0 Å². The van der Waals surface area contributed by atoms with Gasteiger partial charge in [0.25, 0.3) is 11.7 Å². The van der Waals surface area contributed by atoms with Crippen LogP contribution in [-0.2, 0) is 9.47 Å². The number of rotatable bonds is 3.